The topological polar surface area (TPSA) is 12.4 Å². The van der Waals surface area contributed by atoms with Crippen LogP contribution in [0.2, 0.25) is 0 Å². The molecular formula is C11H15N. The van der Waals surface area contributed by atoms with Crippen molar-refractivity contribution in [3.8, 4) is 0 Å². The van der Waals surface area contributed by atoms with Gasteiger partial charge in [-0.2, -0.15) is 0 Å². The number of hydrogen-bond acceptors (Lipinski definition) is 1. The molecule has 12 heavy (non-hydrogen) atoms. The first kappa shape index (κ1) is 10.6. The Bertz CT molecular complexity index is 218. The summed E-state index contributed by atoms with van der Waals surface area (Å²) in [6.45, 7) is 11.1. The molecule has 0 aromatic carbocycles. The van der Waals surface area contributed by atoms with E-state index in [-0.39, 0.29) is 0 Å². The molecule has 0 heterocycles. The highest BCUT2D eigenvalue weighted by atomic mass is 14.6. The van der Waals surface area contributed by atoms with Crippen LogP contribution in [0, 0.1) is 0 Å². The van der Waals surface area contributed by atoms with Gasteiger partial charge in [0, 0.05) is 6.20 Å². The van der Waals surface area contributed by atoms with Crippen molar-refractivity contribution < 1.29 is 0 Å². The summed E-state index contributed by atoms with van der Waals surface area (Å²) in [5.74, 6) is 0. The SMILES string of the molecule is C=C/C=C\C(/C=C\N=C)=C(C)C. The molecule has 0 aromatic rings. The fourth-order valence-corrected chi connectivity index (χ4v) is 0.694. The standard InChI is InChI=1S/C11H15N/c1-5-6-7-11(10(2)3)8-9-12-4/h5-9H,1,4H2,2-3H3/b7-6-,9-8-. The van der Waals surface area contributed by atoms with Crippen LogP contribution in [0.3, 0.4) is 0 Å². The molecule has 0 aliphatic heterocycles. The molecule has 0 atom stereocenters. The zero-order valence-corrected chi connectivity index (χ0v) is 7.75. The van der Waals surface area contributed by atoms with Crippen molar-refractivity contribution in [1.29, 1.82) is 0 Å². The van der Waals surface area contributed by atoms with Gasteiger partial charge in [0.15, 0.2) is 0 Å². The molecule has 0 unspecified atom stereocenters. The molecule has 0 aliphatic rings. The van der Waals surface area contributed by atoms with Crippen LogP contribution in [0.15, 0.2) is 53.2 Å². The van der Waals surface area contributed by atoms with Crippen LogP contribution in [0.4, 0.5) is 0 Å². The Hall–Kier alpha value is -1.37. The highest BCUT2D eigenvalue weighted by molar-refractivity contribution is 5.36. The van der Waals surface area contributed by atoms with Gasteiger partial charge in [-0.25, -0.2) is 0 Å². The van der Waals surface area contributed by atoms with Gasteiger partial charge in [-0.3, -0.25) is 4.99 Å². The second-order valence-corrected chi connectivity index (χ2v) is 2.55. The zero-order valence-electron chi connectivity index (χ0n) is 7.75. The first-order chi connectivity index (χ1) is 5.72. The minimum atomic E-state index is 1.14. The second-order valence-electron chi connectivity index (χ2n) is 2.55. The van der Waals surface area contributed by atoms with E-state index < -0.39 is 0 Å². The fourth-order valence-electron chi connectivity index (χ4n) is 0.694. The van der Waals surface area contributed by atoms with Crippen LogP contribution >= 0.6 is 0 Å². The van der Waals surface area contributed by atoms with Gasteiger partial charge < -0.3 is 0 Å². The second kappa shape index (κ2) is 6.35. The van der Waals surface area contributed by atoms with E-state index in [0.29, 0.717) is 0 Å². The van der Waals surface area contributed by atoms with E-state index in [1.807, 2.05) is 18.2 Å². The van der Waals surface area contributed by atoms with E-state index in [2.05, 4.69) is 32.1 Å². The van der Waals surface area contributed by atoms with Crippen molar-refractivity contribution >= 4 is 6.72 Å². The summed E-state index contributed by atoms with van der Waals surface area (Å²) in [7, 11) is 0. The monoisotopic (exact) mass is 161 g/mol. The predicted molar refractivity (Wildman–Crippen MR) is 56.4 cm³/mol. The van der Waals surface area contributed by atoms with E-state index in [1.165, 1.54) is 5.57 Å². The Morgan fingerprint density at radius 2 is 1.92 bits per heavy atom. The molecule has 0 saturated carbocycles. The molecule has 0 N–H and O–H groups in total. The Kier molecular flexibility index (Phi) is 5.62. The fraction of sp³-hybridized carbons (Fsp3) is 0.182. The molecule has 0 amide bonds. The van der Waals surface area contributed by atoms with Crippen molar-refractivity contribution in [1.82, 2.24) is 0 Å². The summed E-state index contributed by atoms with van der Waals surface area (Å²) < 4.78 is 0. The average molecular weight is 161 g/mol. The van der Waals surface area contributed by atoms with E-state index in [1.54, 1.807) is 12.3 Å². The third-order valence-corrected chi connectivity index (χ3v) is 1.35. The summed E-state index contributed by atoms with van der Waals surface area (Å²) >= 11 is 0. The molecule has 1 nitrogen and oxygen atoms in total. The maximum atomic E-state index is 3.64. The van der Waals surface area contributed by atoms with Gasteiger partial charge in [0.25, 0.3) is 0 Å². The third-order valence-electron chi connectivity index (χ3n) is 1.35. The largest absolute Gasteiger partial charge is 0.272 e. The molecule has 0 aromatic heterocycles. The highest BCUT2D eigenvalue weighted by Crippen LogP contribution is 2.06. The lowest BCUT2D eigenvalue weighted by molar-refractivity contribution is 1.34. The Morgan fingerprint density at radius 1 is 1.25 bits per heavy atom. The molecule has 0 bridgehead atoms. The van der Waals surface area contributed by atoms with E-state index in [9.17, 15) is 0 Å². The number of aliphatic imine (C=N–C) groups is 1. The molecule has 1 heteroatoms. The average Bonchev–Trinajstić information content (AvgIpc) is 2.04. The summed E-state index contributed by atoms with van der Waals surface area (Å²) in [6.07, 6.45) is 9.23. The number of hydrogen-bond donors (Lipinski definition) is 0. The lowest BCUT2D eigenvalue weighted by Crippen LogP contribution is -1.75. The summed E-state index contributed by atoms with van der Waals surface area (Å²) in [5, 5.41) is 0. The first-order valence-electron chi connectivity index (χ1n) is 3.81. The van der Waals surface area contributed by atoms with Crippen LogP contribution in [-0.4, -0.2) is 6.72 Å². The summed E-state index contributed by atoms with van der Waals surface area (Å²) in [4.78, 5) is 3.64. The molecular weight excluding hydrogens is 146 g/mol. The minimum Gasteiger partial charge on any atom is -0.272 e. The molecule has 0 radical (unpaired) electrons. The van der Waals surface area contributed by atoms with Crippen LogP contribution in [0.25, 0.3) is 0 Å². The Balaban J connectivity index is 4.57. The normalized spacial score (nSPS) is 10.5. The third kappa shape index (κ3) is 4.45. The maximum Gasteiger partial charge on any atom is 0.0266 e. The van der Waals surface area contributed by atoms with Gasteiger partial charge in [0.2, 0.25) is 0 Å². The minimum absolute atomic E-state index is 1.14. The zero-order chi connectivity index (χ0) is 9.40. The lowest BCUT2D eigenvalue weighted by atomic mass is 10.1. The predicted octanol–water partition coefficient (Wildman–Crippen LogP) is 3.28. The first-order valence-corrected chi connectivity index (χ1v) is 3.81. The van der Waals surface area contributed by atoms with Crippen molar-refractivity contribution in [2.45, 2.75) is 13.8 Å². The molecule has 64 valence electrons. The lowest BCUT2D eigenvalue weighted by Gasteiger charge is -1.95. The van der Waals surface area contributed by atoms with Gasteiger partial charge >= 0.3 is 0 Å². The van der Waals surface area contributed by atoms with Gasteiger partial charge in [-0.15, -0.1) is 0 Å². The van der Waals surface area contributed by atoms with Gasteiger partial charge in [-0.05, 0) is 32.2 Å². The van der Waals surface area contributed by atoms with E-state index >= 15 is 0 Å². The number of rotatable bonds is 4. The van der Waals surface area contributed by atoms with Crippen LogP contribution in [0.5, 0.6) is 0 Å². The van der Waals surface area contributed by atoms with Crippen LogP contribution < -0.4 is 0 Å². The quantitative estimate of drug-likeness (QED) is 0.443. The molecule has 0 aliphatic carbocycles. The Labute approximate surface area is 74.5 Å². The van der Waals surface area contributed by atoms with Crippen molar-refractivity contribution in [2.75, 3.05) is 0 Å². The summed E-state index contributed by atoms with van der Waals surface area (Å²) in [5.41, 5.74) is 2.38. The van der Waals surface area contributed by atoms with E-state index in [4.69, 9.17) is 0 Å². The van der Waals surface area contributed by atoms with Crippen LogP contribution in [-0.2, 0) is 0 Å². The molecule has 0 saturated heterocycles. The highest BCUT2D eigenvalue weighted by Gasteiger charge is 1.86. The van der Waals surface area contributed by atoms with E-state index in [0.717, 1.165) is 5.57 Å². The molecule has 0 fully saturated rings. The molecule has 0 rings (SSSR count). The number of allylic oxidation sites excluding steroid dienone is 6. The smallest absolute Gasteiger partial charge is 0.0266 e. The van der Waals surface area contributed by atoms with Crippen molar-refractivity contribution in [3.63, 3.8) is 0 Å². The summed E-state index contributed by atoms with van der Waals surface area (Å²) in [6, 6.07) is 0. The van der Waals surface area contributed by atoms with Gasteiger partial charge in [0.05, 0.1) is 0 Å². The van der Waals surface area contributed by atoms with Gasteiger partial charge in [0.1, 0.15) is 0 Å². The molecule has 0 spiro atoms. The van der Waals surface area contributed by atoms with Crippen molar-refractivity contribution in [3.05, 3.63) is 48.2 Å². The maximum absolute atomic E-state index is 3.64. The van der Waals surface area contributed by atoms with Gasteiger partial charge in [-0.1, -0.05) is 30.4 Å². The number of nitrogens with zero attached hydrogens (tertiary/aromatic N) is 1. The van der Waals surface area contributed by atoms with Crippen molar-refractivity contribution in [2.24, 2.45) is 4.99 Å². The van der Waals surface area contributed by atoms with Crippen LogP contribution in [0.1, 0.15) is 13.8 Å². The Morgan fingerprint density at radius 3 is 2.33 bits per heavy atom.